The van der Waals surface area contributed by atoms with Gasteiger partial charge in [-0.2, -0.15) is 18.2 Å². The van der Waals surface area contributed by atoms with Crippen molar-refractivity contribution in [3.63, 3.8) is 0 Å². The molecular formula is C29H29F3N6O2. The Morgan fingerprint density at radius 3 is 2.40 bits per heavy atom. The second-order valence-electron chi connectivity index (χ2n) is 9.50. The fourth-order valence-corrected chi connectivity index (χ4v) is 4.65. The number of allylic oxidation sites excluding steroid dienone is 6. The van der Waals surface area contributed by atoms with Gasteiger partial charge in [0.25, 0.3) is 5.91 Å². The van der Waals surface area contributed by atoms with Crippen molar-refractivity contribution in [3.05, 3.63) is 100 Å². The number of alkyl halides is 3. The zero-order chi connectivity index (χ0) is 28.7. The lowest BCUT2D eigenvalue weighted by Gasteiger charge is -2.29. The number of guanidine groups is 1. The number of benzene rings is 2. The summed E-state index contributed by atoms with van der Waals surface area (Å²) >= 11 is 0. The van der Waals surface area contributed by atoms with Crippen LogP contribution >= 0.6 is 0 Å². The maximum absolute atomic E-state index is 13.4. The predicted molar refractivity (Wildman–Crippen MR) is 145 cm³/mol. The molecule has 11 heteroatoms. The average Bonchev–Trinajstić information content (AvgIpc) is 2.96. The van der Waals surface area contributed by atoms with Crippen LogP contribution in [0, 0.1) is 5.53 Å². The van der Waals surface area contributed by atoms with Crippen molar-refractivity contribution in [2.75, 3.05) is 5.32 Å². The summed E-state index contributed by atoms with van der Waals surface area (Å²) in [4.78, 5) is 30.6. The topological polar surface area (TPSA) is 124 Å². The molecule has 208 valence electrons. The van der Waals surface area contributed by atoms with Crippen LogP contribution in [0.5, 0.6) is 0 Å². The first kappa shape index (κ1) is 28.5. The molecule has 2 aliphatic rings. The highest BCUT2D eigenvalue weighted by Crippen LogP contribution is 2.33. The van der Waals surface area contributed by atoms with Gasteiger partial charge in [0.1, 0.15) is 0 Å². The number of rotatable bonds is 6. The number of carbonyl (C=O) groups excluding carboxylic acids is 2. The third kappa shape index (κ3) is 7.31. The van der Waals surface area contributed by atoms with Crippen molar-refractivity contribution in [1.29, 1.82) is 5.53 Å². The van der Waals surface area contributed by atoms with Gasteiger partial charge in [0.05, 0.1) is 12.1 Å². The lowest BCUT2D eigenvalue weighted by Crippen LogP contribution is -2.34. The molecule has 0 bridgehead atoms. The van der Waals surface area contributed by atoms with Crippen LogP contribution in [0.4, 0.5) is 23.7 Å². The van der Waals surface area contributed by atoms with Gasteiger partial charge in [0.2, 0.25) is 5.96 Å². The lowest BCUT2D eigenvalue weighted by atomic mass is 9.88. The van der Waals surface area contributed by atoms with Crippen molar-refractivity contribution < 1.29 is 22.8 Å². The third-order valence-electron chi connectivity index (χ3n) is 6.74. The number of urea groups is 1. The quantitative estimate of drug-likeness (QED) is 0.198. The maximum atomic E-state index is 13.4. The first-order valence-corrected chi connectivity index (χ1v) is 12.8. The fourth-order valence-electron chi connectivity index (χ4n) is 4.65. The summed E-state index contributed by atoms with van der Waals surface area (Å²) in [5, 5.41) is 5.50. The Kier molecular flexibility index (Phi) is 8.93. The zero-order valence-corrected chi connectivity index (χ0v) is 21.7. The number of nitrogens with zero attached hydrogens (tertiary/aromatic N) is 3. The molecule has 0 unspecified atom stereocenters. The minimum Gasteiger partial charge on any atom is -0.366 e. The summed E-state index contributed by atoms with van der Waals surface area (Å²) in [6, 6.07) is 10.3. The first-order valence-electron chi connectivity index (χ1n) is 12.8. The Balaban J connectivity index is 1.59. The van der Waals surface area contributed by atoms with Crippen LogP contribution in [0.1, 0.15) is 60.0 Å². The second-order valence-corrected chi connectivity index (χ2v) is 9.50. The molecule has 4 N–H and O–H groups in total. The lowest BCUT2D eigenvalue weighted by molar-refractivity contribution is -0.137. The highest BCUT2D eigenvalue weighted by molar-refractivity contribution is 6.02. The van der Waals surface area contributed by atoms with Gasteiger partial charge < -0.3 is 11.1 Å². The Morgan fingerprint density at radius 2 is 1.77 bits per heavy atom. The Labute approximate surface area is 229 Å². The molecule has 0 saturated heterocycles. The molecule has 0 fully saturated rings. The van der Waals surface area contributed by atoms with Gasteiger partial charge in [-0.1, -0.05) is 30.4 Å². The van der Waals surface area contributed by atoms with Crippen LogP contribution in [0.3, 0.4) is 0 Å². The molecule has 0 atom stereocenters. The standard InChI is InChI=1S/C29H29F3N6O2/c30-29(31,32)23-7-4-8-24(17-23)35-28(40)38(25-15-13-21(14-16-25)20-5-2-1-3-6-20)18-19-9-11-22(12-10-19)26(39)36-27(33)37-34/h4-5,7-13,15,17,34H,1-3,6,14,16,18H2,(H,35,40)(H2,33,36,39). The van der Waals surface area contributed by atoms with Gasteiger partial charge in [0, 0.05) is 16.9 Å². The molecule has 8 nitrogen and oxygen atoms in total. The van der Waals surface area contributed by atoms with Gasteiger partial charge in [0.15, 0.2) is 0 Å². The minimum absolute atomic E-state index is 0.0287. The number of carbonyl (C=O) groups is 2. The van der Waals surface area contributed by atoms with E-state index in [0.29, 0.717) is 12.0 Å². The molecule has 0 spiro atoms. The SMILES string of the molecule is N=NC(N)=NC(=O)c1ccc(CN(C(=O)Nc2cccc(C(F)(F)F)c2)C2=CC=C(C3=CCCCC3)CC2)cc1. The van der Waals surface area contributed by atoms with Crippen molar-refractivity contribution in [2.24, 2.45) is 15.8 Å². The van der Waals surface area contributed by atoms with E-state index >= 15 is 0 Å². The van der Waals surface area contributed by atoms with E-state index in [9.17, 15) is 22.8 Å². The third-order valence-corrected chi connectivity index (χ3v) is 6.74. The summed E-state index contributed by atoms with van der Waals surface area (Å²) in [5.41, 5.74) is 15.5. The van der Waals surface area contributed by atoms with Crippen molar-refractivity contribution in [1.82, 2.24) is 4.90 Å². The largest absolute Gasteiger partial charge is 0.416 e. The number of nitrogens with one attached hydrogen (secondary N) is 2. The summed E-state index contributed by atoms with van der Waals surface area (Å²) < 4.78 is 39.6. The summed E-state index contributed by atoms with van der Waals surface area (Å²) in [5.74, 6) is -1.13. The summed E-state index contributed by atoms with van der Waals surface area (Å²) in [6.07, 6.45) is 7.40. The van der Waals surface area contributed by atoms with Crippen molar-refractivity contribution in [2.45, 2.75) is 51.2 Å². The highest BCUT2D eigenvalue weighted by atomic mass is 19.4. The molecule has 0 aliphatic heterocycles. The van der Waals surface area contributed by atoms with Gasteiger partial charge in [-0.25, -0.2) is 10.3 Å². The van der Waals surface area contributed by atoms with E-state index in [-0.39, 0.29) is 17.8 Å². The second kappa shape index (κ2) is 12.5. The molecule has 3 amide bonds. The van der Waals surface area contributed by atoms with Crippen LogP contribution in [0.15, 0.2) is 93.7 Å². The van der Waals surface area contributed by atoms with Crippen LogP contribution in [0.25, 0.3) is 0 Å². The summed E-state index contributed by atoms with van der Waals surface area (Å²) in [6.45, 7) is 0.116. The molecule has 0 aromatic heterocycles. The normalized spacial score (nSPS) is 15.9. The Bertz CT molecular complexity index is 1410. The molecule has 2 aromatic carbocycles. The summed E-state index contributed by atoms with van der Waals surface area (Å²) in [7, 11) is 0. The van der Waals surface area contributed by atoms with Crippen LogP contribution in [-0.4, -0.2) is 22.8 Å². The molecular weight excluding hydrogens is 521 g/mol. The fraction of sp³-hybridized carbons (Fsp3) is 0.276. The van der Waals surface area contributed by atoms with Crippen molar-refractivity contribution >= 4 is 23.6 Å². The number of halogens is 3. The highest BCUT2D eigenvalue weighted by Gasteiger charge is 2.31. The smallest absolute Gasteiger partial charge is 0.366 e. The molecule has 0 saturated carbocycles. The Hall–Kier alpha value is -4.54. The Morgan fingerprint density at radius 1 is 1.00 bits per heavy atom. The molecule has 0 radical (unpaired) electrons. The first-order chi connectivity index (χ1) is 19.1. The number of anilines is 1. The molecule has 0 heterocycles. The van der Waals surface area contributed by atoms with E-state index < -0.39 is 29.6 Å². The van der Waals surface area contributed by atoms with E-state index in [0.717, 1.165) is 43.5 Å². The van der Waals surface area contributed by atoms with Crippen LogP contribution in [-0.2, 0) is 12.7 Å². The van der Waals surface area contributed by atoms with Gasteiger partial charge in [-0.15, -0.1) is 5.11 Å². The molecule has 40 heavy (non-hydrogen) atoms. The van der Waals surface area contributed by atoms with Gasteiger partial charge in [-0.3, -0.25) is 9.69 Å². The number of nitrogens with two attached hydrogens (primary N) is 1. The average molecular weight is 551 g/mol. The monoisotopic (exact) mass is 550 g/mol. The zero-order valence-electron chi connectivity index (χ0n) is 21.7. The van der Waals surface area contributed by atoms with E-state index in [1.807, 2.05) is 12.2 Å². The number of hydrogen-bond acceptors (Lipinski definition) is 3. The predicted octanol–water partition coefficient (Wildman–Crippen LogP) is 7.33. The van der Waals surface area contributed by atoms with Crippen LogP contribution in [0.2, 0.25) is 0 Å². The van der Waals surface area contributed by atoms with Gasteiger partial charge in [-0.05, 0) is 91.6 Å². The molecule has 2 aromatic rings. The van der Waals surface area contributed by atoms with E-state index in [2.05, 4.69) is 21.5 Å². The number of aliphatic imine (C=N–C) groups is 1. The van der Waals surface area contributed by atoms with Gasteiger partial charge >= 0.3 is 12.2 Å². The molecule has 4 rings (SSSR count). The van der Waals surface area contributed by atoms with Crippen molar-refractivity contribution in [3.8, 4) is 0 Å². The van der Waals surface area contributed by atoms with E-state index in [4.69, 9.17) is 11.3 Å². The minimum atomic E-state index is -4.54. The maximum Gasteiger partial charge on any atom is 0.416 e. The number of amides is 3. The van der Waals surface area contributed by atoms with E-state index in [1.165, 1.54) is 46.7 Å². The van der Waals surface area contributed by atoms with Crippen LogP contribution < -0.4 is 11.1 Å². The number of hydrogen-bond donors (Lipinski definition) is 3. The molecule has 2 aliphatic carbocycles. The van der Waals surface area contributed by atoms with E-state index in [1.54, 1.807) is 12.1 Å².